The summed E-state index contributed by atoms with van der Waals surface area (Å²) < 4.78 is 5.79. The number of likely N-dealkylation sites (N-methyl/N-ethyl adjacent to an activating group) is 1. The van der Waals surface area contributed by atoms with Crippen LogP contribution in [0.2, 0.25) is 0 Å². The number of carbonyl (C=O) groups excluding carboxylic acids is 2. The summed E-state index contributed by atoms with van der Waals surface area (Å²) in [6.45, 7) is 10.6. The highest BCUT2D eigenvalue weighted by atomic mass is 16.5. The molecule has 29 heavy (non-hydrogen) atoms. The van der Waals surface area contributed by atoms with Gasteiger partial charge in [-0.1, -0.05) is 37.3 Å². The quantitative estimate of drug-likeness (QED) is 0.699. The van der Waals surface area contributed by atoms with Crippen LogP contribution in [0.15, 0.2) is 42.5 Å². The Morgan fingerprint density at radius 2 is 1.69 bits per heavy atom. The Morgan fingerprint density at radius 3 is 2.28 bits per heavy atom. The molecule has 5 nitrogen and oxygen atoms in total. The first-order chi connectivity index (χ1) is 13.8. The molecule has 0 bridgehead atoms. The maximum absolute atomic E-state index is 13.1. The van der Waals surface area contributed by atoms with E-state index in [4.69, 9.17) is 4.74 Å². The standard InChI is InChI=1S/C24H32N2O3/c1-6-22(24(28)25-7-2)26(15-20-11-9-8-10-19(20)5)23(27)16-29-21-13-17(3)12-18(4)14-21/h8-14,22H,6-7,15-16H2,1-5H3,(H,25,28). The van der Waals surface area contributed by atoms with Gasteiger partial charge in [0.2, 0.25) is 5.91 Å². The lowest BCUT2D eigenvalue weighted by Gasteiger charge is -2.31. The number of hydrogen-bond acceptors (Lipinski definition) is 3. The van der Waals surface area contributed by atoms with E-state index in [0.29, 0.717) is 25.3 Å². The number of amides is 2. The lowest BCUT2D eigenvalue weighted by Crippen LogP contribution is -2.50. The predicted molar refractivity (Wildman–Crippen MR) is 116 cm³/mol. The van der Waals surface area contributed by atoms with Gasteiger partial charge < -0.3 is 15.0 Å². The Kier molecular flexibility index (Phi) is 8.25. The normalized spacial score (nSPS) is 11.6. The van der Waals surface area contributed by atoms with Gasteiger partial charge in [0.25, 0.3) is 5.91 Å². The van der Waals surface area contributed by atoms with Gasteiger partial charge in [-0.15, -0.1) is 0 Å². The van der Waals surface area contributed by atoms with Crippen molar-refractivity contribution in [2.75, 3.05) is 13.2 Å². The van der Waals surface area contributed by atoms with Crippen LogP contribution in [0.4, 0.5) is 0 Å². The van der Waals surface area contributed by atoms with Gasteiger partial charge in [-0.3, -0.25) is 9.59 Å². The molecule has 5 heteroatoms. The number of nitrogens with zero attached hydrogens (tertiary/aromatic N) is 1. The minimum absolute atomic E-state index is 0.106. The van der Waals surface area contributed by atoms with Gasteiger partial charge in [0.15, 0.2) is 6.61 Å². The second kappa shape index (κ2) is 10.6. The lowest BCUT2D eigenvalue weighted by molar-refractivity contribution is -0.142. The Labute approximate surface area is 174 Å². The average molecular weight is 397 g/mol. The zero-order valence-electron chi connectivity index (χ0n) is 18.1. The molecule has 0 aromatic heterocycles. The molecule has 2 rings (SSSR count). The molecule has 0 heterocycles. The van der Waals surface area contributed by atoms with Gasteiger partial charge in [-0.25, -0.2) is 0 Å². The van der Waals surface area contributed by atoms with Crippen molar-refractivity contribution >= 4 is 11.8 Å². The molecule has 2 aromatic carbocycles. The third-order valence-electron chi connectivity index (χ3n) is 4.90. The Morgan fingerprint density at radius 1 is 1.03 bits per heavy atom. The summed E-state index contributed by atoms with van der Waals surface area (Å²) in [6.07, 6.45) is 0.535. The number of hydrogen-bond donors (Lipinski definition) is 1. The fourth-order valence-electron chi connectivity index (χ4n) is 3.43. The minimum atomic E-state index is -0.537. The van der Waals surface area contributed by atoms with Gasteiger partial charge >= 0.3 is 0 Å². The summed E-state index contributed by atoms with van der Waals surface area (Å²) in [7, 11) is 0. The van der Waals surface area contributed by atoms with E-state index in [1.165, 1.54) is 0 Å². The maximum atomic E-state index is 13.1. The molecule has 0 fully saturated rings. The highest BCUT2D eigenvalue weighted by Crippen LogP contribution is 2.18. The smallest absolute Gasteiger partial charge is 0.261 e. The van der Waals surface area contributed by atoms with E-state index in [2.05, 4.69) is 11.4 Å². The van der Waals surface area contributed by atoms with Crippen molar-refractivity contribution in [2.24, 2.45) is 0 Å². The fraction of sp³-hybridized carbons (Fsp3) is 0.417. The summed E-state index contributed by atoms with van der Waals surface area (Å²) in [6, 6.07) is 13.3. The predicted octanol–water partition coefficient (Wildman–Crippen LogP) is 3.93. The Bertz CT molecular complexity index is 828. The van der Waals surface area contributed by atoms with E-state index in [9.17, 15) is 9.59 Å². The summed E-state index contributed by atoms with van der Waals surface area (Å²) >= 11 is 0. The molecule has 1 atom stereocenters. The van der Waals surface area contributed by atoms with Gasteiger partial charge in [0, 0.05) is 13.1 Å². The maximum Gasteiger partial charge on any atom is 0.261 e. The number of rotatable bonds is 9. The zero-order valence-corrected chi connectivity index (χ0v) is 18.1. The zero-order chi connectivity index (χ0) is 21.4. The number of carbonyl (C=O) groups is 2. The molecule has 0 spiro atoms. The van der Waals surface area contributed by atoms with Crippen molar-refractivity contribution in [1.29, 1.82) is 0 Å². The van der Waals surface area contributed by atoms with E-state index < -0.39 is 6.04 Å². The highest BCUT2D eigenvalue weighted by molar-refractivity contribution is 5.88. The minimum Gasteiger partial charge on any atom is -0.484 e. The average Bonchev–Trinajstić information content (AvgIpc) is 2.67. The number of benzene rings is 2. The van der Waals surface area contributed by atoms with Gasteiger partial charge in [0.05, 0.1) is 0 Å². The van der Waals surface area contributed by atoms with Crippen LogP contribution < -0.4 is 10.1 Å². The Balaban J connectivity index is 2.23. The van der Waals surface area contributed by atoms with Crippen LogP contribution in [-0.2, 0) is 16.1 Å². The SMILES string of the molecule is CCNC(=O)C(CC)N(Cc1ccccc1C)C(=O)COc1cc(C)cc(C)c1. The van der Waals surface area contributed by atoms with Crippen molar-refractivity contribution in [3.8, 4) is 5.75 Å². The molecular formula is C24H32N2O3. The van der Waals surface area contributed by atoms with E-state index in [0.717, 1.165) is 22.3 Å². The van der Waals surface area contributed by atoms with E-state index in [-0.39, 0.29) is 18.4 Å². The van der Waals surface area contributed by atoms with Gasteiger partial charge in [0.1, 0.15) is 11.8 Å². The molecule has 0 saturated heterocycles. The van der Waals surface area contributed by atoms with Crippen molar-refractivity contribution < 1.29 is 14.3 Å². The van der Waals surface area contributed by atoms with E-state index in [1.54, 1.807) is 4.90 Å². The molecule has 0 saturated carbocycles. The fourth-order valence-corrected chi connectivity index (χ4v) is 3.43. The van der Waals surface area contributed by atoms with Crippen LogP contribution in [0.1, 0.15) is 42.5 Å². The monoisotopic (exact) mass is 396 g/mol. The van der Waals surface area contributed by atoms with Crippen molar-refractivity contribution in [3.05, 3.63) is 64.7 Å². The first-order valence-electron chi connectivity index (χ1n) is 10.2. The third kappa shape index (κ3) is 6.34. The number of nitrogens with one attached hydrogen (secondary N) is 1. The van der Waals surface area contributed by atoms with Crippen LogP contribution in [0.3, 0.4) is 0 Å². The van der Waals surface area contributed by atoms with Crippen molar-refractivity contribution in [3.63, 3.8) is 0 Å². The van der Waals surface area contributed by atoms with Crippen molar-refractivity contribution in [1.82, 2.24) is 10.2 Å². The van der Waals surface area contributed by atoms with Crippen LogP contribution in [0, 0.1) is 20.8 Å². The molecule has 156 valence electrons. The van der Waals surface area contributed by atoms with Crippen LogP contribution in [-0.4, -0.2) is 35.9 Å². The second-order valence-electron chi connectivity index (χ2n) is 7.38. The second-order valence-corrected chi connectivity index (χ2v) is 7.38. The summed E-state index contributed by atoms with van der Waals surface area (Å²) in [4.78, 5) is 27.4. The molecule has 0 aliphatic rings. The van der Waals surface area contributed by atoms with Crippen LogP contribution in [0.25, 0.3) is 0 Å². The molecule has 0 radical (unpaired) electrons. The molecule has 0 aliphatic heterocycles. The highest BCUT2D eigenvalue weighted by Gasteiger charge is 2.28. The molecule has 0 aliphatic carbocycles. The van der Waals surface area contributed by atoms with Crippen molar-refractivity contribution in [2.45, 2.75) is 53.6 Å². The summed E-state index contributed by atoms with van der Waals surface area (Å²) in [5, 5.41) is 2.85. The molecule has 2 aromatic rings. The van der Waals surface area contributed by atoms with E-state index in [1.807, 2.05) is 71.0 Å². The molecular weight excluding hydrogens is 364 g/mol. The summed E-state index contributed by atoms with van der Waals surface area (Å²) in [5.74, 6) is 0.326. The number of aryl methyl sites for hydroxylation is 3. The molecule has 2 amide bonds. The van der Waals surface area contributed by atoms with Gasteiger partial charge in [-0.05, 0) is 68.5 Å². The molecule has 1 N–H and O–H groups in total. The van der Waals surface area contributed by atoms with Crippen LogP contribution >= 0.6 is 0 Å². The first kappa shape index (κ1) is 22.5. The Hall–Kier alpha value is -2.82. The topological polar surface area (TPSA) is 58.6 Å². The summed E-state index contributed by atoms with van der Waals surface area (Å²) in [5.41, 5.74) is 4.28. The third-order valence-corrected chi connectivity index (χ3v) is 4.90. The number of ether oxygens (including phenoxy) is 1. The van der Waals surface area contributed by atoms with Gasteiger partial charge in [-0.2, -0.15) is 0 Å². The largest absolute Gasteiger partial charge is 0.484 e. The first-order valence-corrected chi connectivity index (χ1v) is 10.2. The molecule has 1 unspecified atom stereocenters. The van der Waals surface area contributed by atoms with Crippen LogP contribution in [0.5, 0.6) is 5.75 Å². The lowest BCUT2D eigenvalue weighted by atomic mass is 10.1. The van der Waals surface area contributed by atoms with E-state index >= 15 is 0 Å².